The molecule has 5 aromatic carbocycles. The van der Waals surface area contributed by atoms with Crippen LogP contribution in [0.4, 0.5) is 22.7 Å². The zero-order valence-corrected chi connectivity index (χ0v) is 21.3. The Balaban J connectivity index is 1.55. The highest BCUT2D eigenvalue weighted by Crippen LogP contribution is 2.42. The van der Waals surface area contributed by atoms with Crippen molar-refractivity contribution in [3.05, 3.63) is 119 Å². The fraction of sp³-hybridized carbons (Fsp3) is 0.0606. The predicted octanol–water partition coefficient (Wildman–Crippen LogP) is 6.74. The second-order valence-electron chi connectivity index (χ2n) is 9.48. The highest BCUT2D eigenvalue weighted by Gasteiger charge is 2.20. The van der Waals surface area contributed by atoms with Gasteiger partial charge < -0.3 is 14.7 Å². The smallest absolute Gasteiger partial charge is 0.347 e. The van der Waals surface area contributed by atoms with Gasteiger partial charge in [-0.1, -0.05) is 59.7 Å². The predicted molar refractivity (Wildman–Crippen MR) is 152 cm³/mol. The molecule has 0 saturated heterocycles. The second-order valence-corrected chi connectivity index (χ2v) is 9.48. The van der Waals surface area contributed by atoms with Crippen LogP contribution in [0, 0.1) is 25.2 Å². The quantitative estimate of drug-likeness (QED) is 0.284. The van der Waals surface area contributed by atoms with E-state index in [1.165, 1.54) is 11.1 Å². The van der Waals surface area contributed by atoms with Crippen LogP contribution < -0.4 is 20.2 Å². The SMILES string of the molecule is Cc1ccc(N(c2ccc(C)cc2)c2ccc3c(c2)Oc2c/c(=C(/C#N)C(=O)O)c4ccccc4c2=N3)cc1. The van der Waals surface area contributed by atoms with E-state index in [2.05, 4.69) is 67.3 Å². The maximum atomic E-state index is 11.8. The molecule has 6 heteroatoms. The highest BCUT2D eigenvalue weighted by atomic mass is 16.5. The fourth-order valence-electron chi connectivity index (χ4n) is 4.85. The lowest BCUT2D eigenvalue weighted by Crippen LogP contribution is -2.21. The lowest BCUT2D eigenvalue weighted by atomic mass is 10.0. The molecular weight excluding hydrogens is 486 g/mol. The van der Waals surface area contributed by atoms with E-state index >= 15 is 0 Å². The molecule has 6 nitrogen and oxygen atoms in total. The minimum absolute atomic E-state index is 0.301. The van der Waals surface area contributed by atoms with Gasteiger partial charge in [-0.05, 0) is 61.7 Å². The molecule has 1 N–H and O–H groups in total. The van der Waals surface area contributed by atoms with Crippen LogP contribution in [0.15, 0.2) is 102 Å². The number of nitrogens with zero attached hydrogens (tertiary/aromatic N) is 3. The summed E-state index contributed by atoms with van der Waals surface area (Å²) in [6, 6.07) is 33.3. The van der Waals surface area contributed by atoms with Gasteiger partial charge in [-0.2, -0.15) is 5.26 Å². The van der Waals surface area contributed by atoms with E-state index in [9.17, 15) is 15.2 Å². The summed E-state index contributed by atoms with van der Waals surface area (Å²) in [5.41, 5.74) is 5.55. The Morgan fingerprint density at radius 3 is 1.97 bits per heavy atom. The third-order valence-corrected chi connectivity index (χ3v) is 6.81. The Kier molecular flexibility index (Phi) is 5.82. The number of carboxylic acid groups (broad SMARTS) is 1. The van der Waals surface area contributed by atoms with Gasteiger partial charge in [0, 0.05) is 33.7 Å². The van der Waals surface area contributed by atoms with Crippen molar-refractivity contribution in [2.75, 3.05) is 4.90 Å². The first-order chi connectivity index (χ1) is 18.9. The Bertz CT molecular complexity index is 1890. The van der Waals surface area contributed by atoms with Gasteiger partial charge in [0.1, 0.15) is 22.7 Å². The summed E-state index contributed by atoms with van der Waals surface area (Å²) in [7, 11) is 0. The van der Waals surface area contributed by atoms with E-state index in [4.69, 9.17) is 9.73 Å². The number of carbonyl (C=O) groups is 1. The minimum Gasteiger partial charge on any atom is -0.477 e. The third-order valence-electron chi connectivity index (χ3n) is 6.81. The molecule has 0 unspecified atom stereocenters. The molecule has 0 amide bonds. The summed E-state index contributed by atoms with van der Waals surface area (Å²) in [5, 5.41) is 21.5. The van der Waals surface area contributed by atoms with Gasteiger partial charge >= 0.3 is 5.97 Å². The van der Waals surface area contributed by atoms with Crippen molar-refractivity contribution in [2.45, 2.75) is 13.8 Å². The Morgan fingerprint density at radius 2 is 1.38 bits per heavy atom. The Morgan fingerprint density at radius 1 is 0.795 bits per heavy atom. The largest absolute Gasteiger partial charge is 0.477 e. The van der Waals surface area contributed by atoms with E-state index in [-0.39, 0.29) is 5.57 Å². The standard InChI is InChI=1S/C33H23N3O3/c1-20-7-11-22(12-8-20)36(23-13-9-21(2)10-14-23)24-15-16-29-30(17-24)39-31-18-27(28(19-34)33(37)38)25-5-3-4-6-26(25)32(31)35-29/h3-18H,1-2H3,(H,37,38)/b28-27+. The van der Waals surface area contributed by atoms with Crippen LogP contribution in [-0.4, -0.2) is 11.1 Å². The van der Waals surface area contributed by atoms with Crippen LogP contribution in [0.25, 0.3) is 16.3 Å². The van der Waals surface area contributed by atoms with Gasteiger partial charge in [-0.3, -0.25) is 0 Å². The third kappa shape index (κ3) is 4.26. The molecule has 39 heavy (non-hydrogen) atoms. The summed E-state index contributed by atoms with van der Waals surface area (Å²) in [5.74, 6) is -0.344. The van der Waals surface area contributed by atoms with Crippen LogP contribution in [0.5, 0.6) is 11.5 Å². The number of fused-ring (bicyclic) bond motifs is 4. The van der Waals surface area contributed by atoms with Gasteiger partial charge in [0.2, 0.25) is 0 Å². The maximum Gasteiger partial charge on any atom is 0.347 e. The summed E-state index contributed by atoms with van der Waals surface area (Å²) < 4.78 is 6.37. The van der Waals surface area contributed by atoms with Crippen molar-refractivity contribution in [3.8, 4) is 17.6 Å². The lowest BCUT2D eigenvalue weighted by molar-refractivity contribution is -0.130. The number of carboxylic acids is 1. The molecule has 188 valence electrons. The first kappa shape index (κ1) is 24.0. The number of ether oxygens (including phenoxy) is 1. The zero-order chi connectivity index (χ0) is 27.1. The number of hydrogen-bond acceptors (Lipinski definition) is 5. The van der Waals surface area contributed by atoms with Gasteiger partial charge in [0.05, 0.1) is 0 Å². The van der Waals surface area contributed by atoms with E-state index in [0.717, 1.165) is 22.4 Å². The van der Waals surface area contributed by atoms with Crippen LogP contribution in [0.1, 0.15) is 11.1 Å². The maximum absolute atomic E-state index is 11.8. The van der Waals surface area contributed by atoms with Crippen molar-refractivity contribution in [1.29, 1.82) is 5.26 Å². The Hall–Kier alpha value is -5.41. The number of hydrogen-bond donors (Lipinski definition) is 1. The van der Waals surface area contributed by atoms with E-state index in [1.54, 1.807) is 12.1 Å². The highest BCUT2D eigenvalue weighted by molar-refractivity contribution is 6.16. The monoisotopic (exact) mass is 509 g/mol. The topological polar surface area (TPSA) is 85.9 Å². The molecule has 6 rings (SSSR count). The minimum atomic E-state index is -1.29. The van der Waals surface area contributed by atoms with Crippen molar-refractivity contribution in [1.82, 2.24) is 0 Å². The van der Waals surface area contributed by atoms with Crippen molar-refractivity contribution in [3.63, 3.8) is 0 Å². The van der Waals surface area contributed by atoms with Crippen molar-refractivity contribution in [2.24, 2.45) is 4.99 Å². The molecule has 0 spiro atoms. The number of rotatable bonds is 4. The molecule has 0 bridgehead atoms. The molecular formula is C33H23N3O3. The number of nitriles is 1. The van der Waals surface area contributed by atoms with E-state index in [0.29, 0.717) is 33.1 Å². The fourth-order valence-corrected chi connectivity index (χ4v) is 4.85. The summed E-state index contributed by atoms with van der Waals surface area (Å²) in [6.45, 7) is 4.12. The number of aliphatic carboxylic acids is 1. The van der Waals surface area contributed by atoms with Gasteiger partial charge in [-0.25, -0.2) is 9.79 Å². The molecule has 5 aromatic rings. The molecule has 0 radical (unpaired) electrons. The van der Waals surface area contributed by atoms with Crippen LogP contribution in [0.3, 0.4) is 0 Å². The Labute approximate surface area is 225 Å². The molecule has 1 heterocycles. The second kappa shape index (κ2) is 9.47. The first-order valence-electron chi connectivity index (χ1n) is 12.5. The lowest BCUT2D eigenvalue weighted by Gasteiger charge is -2.27. The van der Waals surface area contributed by atoms with E-state index in [1.807, 2.05) is 42.5 Å². The van der Waals surface area contributed by atoms with Crippen LogP contribution in [0.2, 0.25) is 0 Å². The summed E-state index contributed by atoms with van der Waals surface area (Å²) in [4.78, 5) is 18.9. The molecule has 1 aliphatic rings. The average molecular weight is 510 g/mol. The normalized spacial score (nSPS) is 12.3. The van der Waals surface area contributed by atoms with Gasteiger partial charge in [-0.15, -0.1) is 0 Å². The summed E-state index contributed by atoms with van der Waals surface area (Å²) in [6.07, 6.45) is 0. The van der Waals surface area contributed by atoms with Crippen LogP contribution in [-0.2, 0) is 4.79 Å². The number of aryl methyl sites for hydroxylation is 2. The van der Waals surface area contributed by atoms with Gasteiger partial charge in [0.25, 0.3) is 0 Å². The first-order valence-corrected chi connectivity index (χ1v) is 12.5. The molecule has 0 saturated carbocycles. The molecule has 0 aliphatic carbocycles. The number of benzene rings is 5. The van der Waals surface area contributed by atoms with Gasteiger partial charge in [0.15, 0.2) is 11.5 Å². The summed E-state index contributed by atoms with van der Waals surface area (Å²) >= 11 is 0. The molecule has 0 aromatic heterocycles. The van der Waals surface area contributed by atoms with Crippen LogP contribution >= 0.6 is 0 Å². The average Bonchev–Trinajstić information content (AvgIpc) is 2.94. The zero-order valence-electron chi connectivity index (χ0n) is 21.3. The van der Waals surface area contributed by atoms with Crippen molar-refractivity contribution >= 4 is 45.1 Å². The molecule has 0 fully saturated rings. The van der Waals surface area contributed by atoms with E-state index < -0.39 is 5.97 Å². The molecule has 1 aliphatic heterocycles. The molecule has 0 atom stereocenters. The number of anilines is 3. The van der Waals surface area contributed by atoms with Crippen molar-refractivity contribution < 1.29 is 14.6 Å².